The van der Waals surface area contributed by atoms with Crippen LogP contribution in [-0.2, 0) is 5.54 Å². The fourth-order valence-corrected chi connectivity index (χ4v) is 5.67. The third kappa shape index (κ3) is 2.42. The summed E-state index contributed by atoms with van der Waals surface area (Å²) in [4.78, 5) is 8.93. The number of nitrogens with zero attached hydrogens (tertiary/aromatic N) is 2. The van der Waals surface area contributed by atoms with E-state index in [1.165, 1.54) is 25.1 Å². The molecule has 2 aromatic rings. The molecular formula is C20H20FN3OS. The van der Waals surface area contributed by atoms with E-state index in [9.17, 15) is 4.39 Å². The summed E-state index contributed by atoms with van der Waals surface area (Å²) in [7, 11) is 0. The van der Waals surface area contributed by atoms with E-state index in [0.717, 1.165) is 41.0 Å². The summed E-state index contributed by atoms with van der Waals surface area (Å²) >= 11 is 1.63. The van der Waals surface area contributed by atoms with Crippen LogP contribution in [-0.4, -0.2) is 22.0 Å². The number of fused-ring (bicyclic) bond motifs is 4. The smallest absolute Gasteiger partial charge is 0.154 e. The van der Waals surface area contributed by atoms with Crippen molar-refractivity contribution >= 4 is 16.9 Å². The molecule has 26 heavy (non-hydrogen) atoms. The molecule has 5 rings (SSSR count). The largest absolute Gasteiger partial charge is 0.490 e. The summed E-state index contributed by atoms with van der Waals surface area (Å²) < 4.78 is 20.0. The number of rotatable bonds is 1. The Hall–Kier alpha value is -2.08. The highest BCUT2D eigenvalue weighted by atomic mass is 32.2. The fraction of sp³-hybridized carbons (Fsp3) is 0.400. The molecule has 1 fully saturated rings. The predicted molar refractivity (Wildman–Crippen MR) is 102 cm³/mol. The van der Waals surface area contributed by atoms with Gasteiger partial charge in [0.15, 0.2) is 5.17 Å². The molecule has 1 aromatic carbocycles. The van der Waals surface area contributed by atoms with Crippen LogP contribution in [0.4, 0.5) is 4.39 Å². The Morgan fingerprint density at radius 1 is 1.15 bits per heavy atom. The number of aromatic nitrogens is 1. The minimum Gasteiger partial charge on any atom is -0.490 e. The first-order chi connectivity index (χ1) is 12.7. The minimum absolute atomic E-state index is 0.202. The van der Waals surface area contributed by atoms with Crippen LogP contribution in [0.1, 0.15) is 31.2 Å². The van der Waals surface area contributed by atoms with Gasteiger partial charge in [0.2, 0.25) is 0 Å². The molecule has 3 heterocycles. The zero-order chi connectivity index (χ0) is 17.7. The molecule has 3 atom stereocenters. The van der Waals surface area contributed by atoms with Gasteiger partial charge < -0.3 is 10.5 Å². The number of nitrogens with two attached hydrogens (primary N) is 1. The van der Waals surface area contributed by atoms with Gasteiger partial charge in [-0.3, -0.25) is 4.98 Å². The lowest BCUT2D eigenvalue weighted by Gasteiger charge is -2.47. The second kappa shape index (κ2) is 5.98. The Labute approximate surface area is 156 Å². The van der Waals surface area contributed by atoms with Crippen molar-refractivity contribution in [2.24, 2.45) is 16.6 Å². The van der Waals surface area contributed by atoms with Crippen molar-refractivity contribution in [3.05, 3.63) is 48.0 Å². The molecule has 0 saturated heterocycles. The SMILES string of the molecule is NC1=NC2(CS1)c1cc(-c3cncc(F)c3)ccc1O[C@H]1CCCCC12. The molecule has 0 amide bonds. The summed E-state index contributed by atoms with van der Waals surface area (Å²) in [6.07, 6.45) is 7.69. The monoisotopic (exact) mass is 369 g/mol. The second-order valence-electron chi connectivity index (χ2n) is 7.31. The van der Waals surface area contributed by atoms with Gasteiger partial charge in [-0.25, -0.2) is 9.38 Å². The van der Waals surface area contributed by atoms with Crippen LogP contribution in [0.15, 0.2) is 41.7 Å². The molecule has 1 spiro atoms. The van der Waals surface area contributed by atoms with Crippen LogP contribution >= 0.6 is 11.8 Å². The van der Waals surface area contributed by atoms with E-state index in [0.29, 0.717) is 11.1 Å². The van der Waals surface area contributed by atoms with E-state index in [2.05, 4.69) is 11.1 Å². The van der Waals surface area contributed by atoms with Crippen LogP contribution in [0.3, 0.4) is 0 Å². The maximum atomic E-state index is 13.6. The van der Waals surface area contributed by atoms with Gasteiger partial charge in [0, 0.05) is 29.0 Å². The van der Waals surface area contributed by atoms with Gasteiger partial charge >= 0.3 is 0 Å². The third-order valence-electron chi connectivity index (χ3n) is 5.83. The number of benzene rings is 1. The Bertz CT molecular complexity index is 902. The summed E-state index contributed by atoms with van der Waals surface area (Å²) in [5.74, 6) is 1.75. The van der Waals surface area contributed by atoms with E-state index in [1.807, 2.05) is 12.1 Å². The topological polar surface area (TPSA) is 60.5 Å². The van der Waals surface area contributed by atoms with Crippen molar-refractivity contribution in [3.8, 4) is 16.9 Å². The molecule has 0 radical (unpaired) electrons. The lowest BCUT2D eigenvalue weighted by Crippen LogP contribution is -2.49. The zero-order valence-electron chi connectivity index (χ0n) is 14.3. The van der Waals surface area contributed by atoms with Gasteiger partial charge in [-0.15, -0.1) is 0 Å². The number of amidine groups is 1. The van der Waals surface area contributed by atoms with E-state index in [4.69, 9.17) is 15.5 Å². The number of aliphatic imine (C=N–C) groups is 1. The molecule has 1 aliphatic carbocycles. The molecule has 2 aliphatic heterocycles. The standard InChI is InChI=1S/C20H20FN3OS/c21-14-7-13(9-23-10-14)12-5-6-18-16(8-12)20(11-26-19(22)24-20)15-3-1-2-4-17(15)25-18/h5-10,15,17H,1-4,11H2,(H2,22,24)/t15?,17-,20?/m0/s1. The van der Waals surface area contributed by atoms with Crippen LogP contribution < -0.4 is 10.5 Å². The summed E-state index contributed by atoms with van der Waals surface area (Å²) in [6, 6.07) is 7.58. The molecular weight excluding hydrogens is 349 g/mol. The van der Waals surface area contributed by atoms with Gasteiger partial charge in [0.1, 0.15) is 23.2 Å². The van der Waals surface area contributed by atoms with Crippen LogP contribution in [0.5, 0.6) is 5.75 Å². The van der Waals surface area contributed by atoms with Crippen LogP contribution in [0, 0.1) is 11.7 Å². The van der Waals surface area contributed by atoms with Crippen molar-refractivity contribution in [2.45, 2.75) is 37.3 Å². The predicted octanol–water partition coefficient (Wildman–Crippen LogP) is 4.10. The molecule has 4 nitrogen and oxygen atoms in total. The fourth-order valence-electron chi connectivity index (χ4n) is 4.64. The van der Waals surface area contributed by atoms with E-state index < -0.39 is 0 Å². The molecule has 3 aliphatic rings. The summed E-state index contributed by atoms with van der Waals surface area (Å²) in [5, 5.41) is 0.653. The quantitative estimate of drug-likeness (QED) is 0.822. The van der Waals surface area contributed by atoms with E-state index in [1.54, 1.807) is 18.0 Å². The van der Waals surface area contributed by atoms with Gasteiger partial charge in [-0.2, -0.15) is 0 Å². The minimum atomic E-state index is -0.336. The molecule has 134 valence electrons. The Balaban J connectivity index is 1.67. The summed E-state index contributed by atoms with van der Waals surface area (Å²) in [6.45, 7) is 0. The molecule has 1 saturated carbocycles. The highest BCUT2D eigenvalue weighted by molar-refractivity contribution is 8.14. The Morgan fingerprint density at radius 3 is 2.85 bits per heavy atom. The van der Waals surface area contributed by atoms with Crippen molar-refractivity contribution in [1.82, 2.24) is 4.98 Å². The number of thioether (sulfide) groups is 1. The van der Waals surface area contributed by atoms with Crippen molar-refractivity contribution in [1.29, 1.82) is 0 Å². The van der Waals surface area contributed by atoms with Crippen molar-refractivity contribution in [3.63, 3.8) is 0 Å². The number of ether oxygens (including phenoxy) is 1. The molecule has 2 N–H and O–H groups in total. The Morgan fingerprint density at radius 2 is 2.04 bits per heavy atom. The van der Waals surface area contributed by atoms with Crippen molar-refractivity contribution in [2.75, 3.05) is 5.75 Å². The zero-order valence-corrected chi connectivity index (χ0v) is 15.1. The highest BCUT2D eigenvalue weighted by Gasteiger charge is 2.53. The average Bonchev–Trinajstić information content (AvgIpc) is 3.04. The van der Waals surface area contributed by atoms with Crippen LogP contribution in [0.25, 0.3) is 11.1 Å². The number of hydrogen-bond acceptors (Lipinski definition) is 5. The second-order valence-corrected chi connectivity index (χ2v) is 8.31. The third-order valence-corrected chi connectivity index (χ3v) is 6.80. The van der Waals surface area contributed by atoms with E-state index in [-0.39, 0.29) is 17.5 Å². The summed E-state index contributed by atoms with van der Waals surface area (Å²) in [5.41, 5.74) is 8.54. The lowest BCUT2D eigenvalue weighted by atomic mass is 9.68. The van der Waals surface area contributed by atoms with Crippen molar-refractivity contribution < 1.29 is 9.13 Å². The number of hydrogen-bond donors (Lipinski definition) is 1. The molecule has 1 aromatic heterocycles. The first kappa shape index (κ1) is 16.1. The first-order valence-electron chi connectivity index (χ1n) is 9.06. The number of pyridine rings is 1. The van der Waals surface area contributed by atoms with Crippen LogP contribution in [0.2, 0.25) is 0 Å². The molecule has 0 bridgehead atoms. The maximum absolute atomic E-state index is 13.6. The van der Waals surface area contributed by atoms with Gasteiger partial charge in [0.05, 0.1) is 6.20 Å². The van der Waals surface area contributed by atoms with E-state index >= 15 is 0 Å². The maximum Gasteiger partial charge on any atom is 0.154 e. The molecule has 6 heteroatoms. The first-order valence-corrected chi connectivity index (χ1v) is 10.0. The van der Waals surface area contributed by atoms with Gasteiger partial charge in [-0.05, 0) is 43.0 Å². The lowest BCUT2D eigenvalue weighted by molar-refractivity contribution is 0.0268. The van der Waals surface area contributed by atoms with Gasteiger partial charge in [-0.1, -0.05) is 24.2 Å². The number of halogens is 1. The normalized spacial score (nSPS) is 29.7. The highest BCUT2D eigenvalue weighted by Crippen LogP contribution is 2.54. The Kier molecular flexibility index (Phi) is 3.71. The molecule has 2 unspecified atom stereocenters. The van der Waals surface area contributed by atoms with Gasteiger partial charge in [0.25, 0.3) is 0 Å². The average molecular weight is 369 g/mol.